The Kier molecular flexibility index (Phi) is 4.83. The van der Waals surface area contributed by atoms with Gasteiger partial charge in [-0.1, -0.05) is 6.07 Å². The maximum atomic E-state index is 12.5. The maximum absolute atomic E-state index is 12.5. The van der Waals surface area contributed by atoms with Crippen LogP contribution in [0, 0.1) is 11.8 Å². The molecule has 1 aliphatic carbocycles. The molecule has 2 fully saturated rings. The van der Waals surface area contributed by atoms with E-state index in [-0.39, 0.29) is 23.7 Å². The number of anilines is 1. The Morgan fingerprint density at radius 2 is 1.96 bits per heavy atom. The summed E-state index contributed by atoms with van der Waals surface area (Å²) in [5.41, 5.74) is 0.957. The van der Waals surface area contributed by atoms with Crippen LogP contribution in [-0.2, 0) is 14.3 Å². The lowest BCUT2D eigenvalue weighted by molar-refractivity contribution is -0.135. The van der Waals surface area contributed by atoms with E-state index in [2.05, 4.69) is 10.1 Å². The Bertz CT molecular complexity index is 654. The van der Waals surface area contributed by atoms with Crippen molar-refractivity contribution in [2.45, 2.75) is 25.7 Å². The van der Waals surface area contributed by atoms with Crippen molar-refractivity contribution in [1.82, 2.24) is 4.90 Å². The van der Waals surface area contributed by atoms with Crippen LogP contribution in [-0.4, -0.2) is 42.9 Å². The molecule has 0 bridgehead atoms. The van der Waals surface area contributed by atoms with Crippen LogP contribution in [0.1, 0.15) is 36.0 Å². The predicted octanol–water partition coefficient (Wildman–Crippen LogP) is 2.06. The number of hydrogen-bond donors (Lipinski definition) is 1. The second-order valence-corrected chi connectivity index (χ2v) is 6.46. The van der Waals surface area contributed by atoms with Crippen molar-refractivity contribution in [2.24, 2.45) is 11.8 Å². The minimum absolute atomic E-state index is 0.106. The van der Waals surface area contributed by atoms with Gasteiger partial charge in [-0.3, -0.25) is 9.59 Å². The van der Waals surface area contributed by atoms with Crippen LogP contribution in [0.25, 0.3) is 0 Å². The van der Waals surface area contributed by atoms with E-state index in [0.717, 1.165) is 32.2 Å². The van der Waals surface area contributed by atoms with Crippen LogP contribution in [0.3, 0.4) is 0 Å². The van der Waals surface area contributed by atoms with Crippen molar-refractivity contribution in [3.8, 4) is 0 Å². The third-order valence-electron chi connectivity index (χ3n) is 4.58. The van der Waals surface area contributed by atoms with Gasteiger partial charge in [0.15, 0.2) is 0 Å². The number of rotatable bonds is 4. The summed E-state index contributed by atoms with van der Waals surface area (Å²) in [6.07, 6.45) is 3.58. The van der Waals surface area contributed by atoms with E-state index in [1.807, 2.05) is 4.90 Å². The first-order valence-corrected chi connectivity index (χ1v) is 8.36. The first-order valence-electron chi connectivity index (χ1n) is 8.36. The van der Waals surface area contributed by atoms with Gasteiger partial charge >= 0.3 is 5.97 Å². The van der Waals surface area contributed by atoms with Gasteiger partial charge in [0.05, 0.1) is 18.6 Å². The fourth-order valence-corrected chi connectivity index (χ4v) is 3.07. The summed E-state index contributed by atoms with van der Waals surface area (Å²) in [5.74, 6) is -0.373. The number of amides is 2. The van der Waals surface area contributed by atoms with Gasteiger partial charge in [0, 0.05) is 24.7 Å². The second-order valence-electron chi connectivity index (χ2n) is 6.46. The topological polar surface area (TPSA) is 75.7 Å². The summed E-state index contributed by atoms with van der Waals surface area (Å²) >= 11 is 0. The van der Waals surface area contributed by atoms with E-state index in [0.29, 0.717) is 17.8 Å². The summed E-state index contributed by atoms with van der Waals surface area (Å²) in [6, 6.07) is 6.67. The molecule has 1 saturated carbocycles. The lowest BCUT2D eigenvalue weighted by Crippen LogP contribution is -2.44. The van der Waals surface area contributed by atoms with Crippen LogP contribution >= 0.6 is 0 Å². The number of carbonyl (C=O) groups is 3. The van der Waals surface area contributed by atoms with Gasteiger partial charge in [-0.25, -0.2) is 4.79 Å². The Labute approximate surface area is 141 Å². The quantitative estimate of drug-likeness (QED) is 0.858. The van der Waals surface area contributed by atoms with Crippen LogP contribution in [0.15, 0.2) is 24.3 Å². The zero-order chi connectivity index (χ0) is 17.1. The highest BCUT2D eigenvalue weighted by Crippen LogP contribution is 2.32. The molecule has 2 amide bonds. The van der Waals surface area contributed by atoms with Crippen molar-refractivity contribution in [3.63, 3.8) is 0 Å². The molecule has 0 radical (unpaired) electrons. The Morgan fingerprint density at radius 3 is 2.67 bits per heavy atom. The van der Waals surface area contributed by atoms with Gasteiger partial charge < -0.3 is 15.0 Å². The molecule has 0 aromatic heterocycles. The fraction of sp³-hybridized carbons (Fsp3) is 0.500. The predicted molar refractivity (Wildman–Crippen MR) is 88.4 cm³/mol. The first-order chi connectivity index (χ1) is 11.6. The smallest absolute Gasteiger partial charge is 0.337 e. The van der Waals surface area contributed by atoms with Crippen molar-refractivity contribution >= 4 is 23.5 Å². The molecule has 0 spiro atoms. The highest BCUT2D eigenvalue weighted by Gasteiger charge is 2.36. The molecule has 1 atom stereocenters. The van der Waals surface area contributed by atoms with Gasteiger partial charge in [0.2, 0.25) is 11.8 Å². The first kappa shape index (κ1) is 16.5. The van der Waals surface area contributed by atoms with E-state index in [9.17, 15) is 14.4 Å². The molecule has 1 aliphatic heterocycles. The molecule has 1 saturated heterocycles. The summed E-state index contributed by atoms with van der Waals surface area (Å²) in [7, 11) is 1.32. The van der Waals surface area contributed by atoms with E-state index >= 15 is 0 Å². The number of hydrogen-bond acceptors (Lipinski definition) is 4. The third-order valence-corrected chi connectivity index (χ3v) is 4.58. The van der Waals surface area contributed by atoms with Crippen molar-refractivity contribution < 1.29 is 19.1 Å². The molecule has 3 rings (SSSR count). The van der Waals surface area contributed by atoms with E-state index in [4.69, 9.17) is 0 Å². The summed E-state index contributed by atoms with van der Waals surface area (Å²) < 4.78 is 4.69. The summed E-state index contributed by atoms with van der Waals surface area (Å²) in [5, 5.41) is 2.85. The van der Waals surface area contributed by atoms with Crippen LogP contribution < -0.4 is 5.32 Å². The number of methoxy groups -OCH3 is 1. The Morgan fingerprint density at radius 1 is 1.17 bits per heavy atom. The minimum Gasteiger partial charge on any atom is -0.465 e. The SMILES string of the molecule is COC(=O)c1cccc(NC(=O)C2CCCN(C(=O)C3CC3)C2)c1. The fourth-order valence-electron chi connectivity index (χ4n) is 3.07. The van der Waals surface area contributed by atoms with Crippen molar-refractivity contribution in [2.75, 3.05) is 25.5 Å². The van der Waals surface area contributed by atoms with Gasteiger partial charge in [0.1, 0.15) is 0 Å². The number of nitrogens with one attached hydrogen (secondary N) is 1. The monoisotopic (exact) mass is 330 g/mol. The number of esters is 1. The highest BCUT2D eigenvalue weighted by molar-refractivity contribution is 5.96. The molecule has 6 nitrogen and oxygen atoms in total. The normalized spacial score (nSPS) is 20.4. The van der Waals surface area contributed by atoms with Gasteiger partial charge in [-0.15, -0.1) is 0 Å². The molecule has 6 heteroatoms. The zero-order valence-corrected chi connectivity index (χ0v) is 13.8. The molecular formula is C18H22N2O4. The van der Waals surface area contributed by atoms with Crippen molar-refractivity contribution in [3.05, 3.63) is 29.8 Å². The van der Waals surface area contributed by atoms with Crippen LogP contribution in [0.4, 0.5) is 5.69 Å². The van der Waals surface area contributed by atoms with E-state index in [1.54, 1.807) is 24.3 Å². The number of likely N-dealkylation sites (tertiary alicyclic amines) is 1. The maximum Gasteiger partial charge on any atom is 0.337 e. The van der Waals surface area contributed by atoms with Crippen LogP contribution in [0.5, 0.6) is 0 Å². The van der Waals surface area contributed by atoms with E-state index in [1.165, 1.54) is 7.11 Å². The lowest BCUT2D eigenvalue weighted by atomic mass is 9.96. The highest BCUT2D eigenvalue weighted by atomic mass is 16.5. The molecule has 1 unspecified atom stereocenters. The van der Waals surface area contributed by atoms with Gasteiger partial charge in [-0.05, 0) is 43.9 Å². The largest absolute Gasteiger partial charge is 0.465 e. The number of benzene rings is 1. The number of ether oxygens (including phenoxy) is 1. The average Bonchev–Trinajstić information content (AvgIpc) is 3.46. The number of carbonyl (C=O) groups excluding carboxylic acids is 3. The minimum atomic E-state index is -0.440. The molecule has 1 aromatic rings. The van der Waals surface area contributed by atoms with Crippen LogP contribution in [0.2, 0.25) is 0 Å². The molecule has 1 aromatic carbocycles. The Hall–Kier alpha value is -2.37. The van der Waals surface area contributed by atoms with Gasteiger partial charge in [0.25, 0.3) is 0 Å². The lowest BCUT2D eigenvalue weighted by Gasteiger charge is -2.32. The zero-order valence-electron chi connectivity index (χ0n) is 13.8. The van der Waals surface area contributed by atoms with Gasteiger partial charge in [-0.2, -0.15) is 0 Å². The summed E-state index contributed by atoms with van der Waals surface area (Å²) in [6.45, 7) is 1.23. The molecular weight excluding hydrogens is 308 g/mol. The number of nitrogens with zero attached hydrogens (tertiary/aromatic N) is 1. The molecule has 128 valence electrons. The average molecular weight is 330 g/mol. The Balaban J connectivity index is 1.61. The third kappa shape index (κ3) is 3.75. The standard InChI is InChI=1S/C18H22N2O4/c1-24-18(23)13-4-2-6-15(10-13)19-16(21)14-5-3-9-20(11-14)17(22)12-7-8-12/h2,4,6,10,12,14H,3,5,7-9,11H2,1H3,(H,19,21). The van der Waals surface area contributed by atoms with E-state index < -0.39 is 5.97 Å². The second kappa shape index (κ2) is 7.03. The molecule has 2 aliphatic rings. The molecule has 1 N–H and O–H groups in total. The number of piperidine rings is 1. The molecule has 24 heavy (non-hydrogen) atoms. The van der Waals surface area contributed by atoms with Crippen molar-refractivity contribution in [1.29, 1.82) is 0 Å². The summed E-state index contributed by atoms with van der Waals surface area (Å²) in [4.78, 5) is 38.1. The molecule has 1 heterocycles.